The van der Waals surface area contributed by atoms with Gasteiger partial charge in [0.1, 0.15) is 0 Å². The second kappa shape index (κ2) is 3.27. The van der Waals surface area contributed by atoms with Crippen molar-refractivity contribution in [3.63, 3.8) is 0 Å². The summed E-state index contributed by atoms with van der Waals surface area (Å²) in [4.78, 5) is 0. The van der Waals surface area contributed by atoms with Gasteiger partial charge in [0.2, 0.25) is 0 Å². The highest BCUT2D eigenvalue weighted by atomic mass is 15.3. The molecular weight excluding hydrogens is 150 g/mol. The smallest absolute Gasteiger partial charge is 0.0653 e. The van der Waals surface area contributed by atoms with Gasteiger partial charge >= 0.3 is 0 Å². The van der Waals surface area contributed by atoms with Gasteiger partial charge in [0, 0.05) is 13.1 Å². The molecule has 68 valence electrons. The van der Waals surface area contributed by atoms with E-state index in [9.17, 15) is 0 Å². The molecule has 0 aliphatic heterocycles. The molecule has 0 saturated carbocycles. The Morgan fingerprint density at radius 2 is 2.00 bits per heavy atom. The monoisotopic (exact) mass is 167 g/mol. The summed E-state index contributed by atoms with van der Waals surface area (Å²) >= 11 is 0. The van der Waals surface area contributed by atoms with Crippen molar-refractivity contribution >= 4 is 0 Å². The largest absolute Gasteiger partial charge is 0.323 e. The van der Waals surface area contributed by atoms with E-state index in [1.165, 1.54) is 0 Å². The molecule has 1 heterocycles. The zero-order chi connectivity index (χ0) is 9.30. The molecule has 1 rings (SSSR count). The Morgan fingerprint density at radius 3 is 2.25 bits per heavy atom. The summed E-state index contributed by atoms with van der Waals surface area (Å²) in [6.45, 7) is 6.24. The van der Waals surface area contributed by atoms with E-state index in [2.05, 4.69) is 25.0 Å². The van der Waals surface area contributed by atoms with E-state index in [0.29, 0.717) is 5.92 Å². The van der Waals surface area contributed by atoms with Crippen LogP contribution in [0.1, 0.15) is 44.1 Å². The van der Waals surface area contributed by atoms with Crippen LogP contribution in [0.2, 0.25) is 0 Å². The molecule has 3 heteroatoms. The molecule has 3 nitrogen and oxygen atoms in total. The lowest BCUT2D eigenvalue weighted by Crippen LogP contribution is -2.10. The molecule has 1 aromatic rings. The summed E-state index contributed by atoms with van der Waals surface area (Å²) in [5.74, 6) is 0.476. The Kier molecular flexibility index (Phi) is 2.52. The van der Waals surface area contributed by atoms with Crippen molar-refractivity contribution in [3.8, 4) is 0 Å². The van der Waals surface area contributed by atoms with Crippen LogP contribution < -0.4 is 5.73 Å². The van der Waals surface area contributed by atoms with Gasteiger partial charge in [-0.1, -0.05) is 13.8 Å². The number of aryl methyl sites for hydroxylation is 1. The molecule has 0 bridgehead atoms. The van der Waals surface area contributed by atoms with E-state index in [4.69, 9.17) is 5.73 Å². The number of aromatic nitrogens is 2. The van der Waals surface area contributed by atoms with Gasteiger partial charge in [0.05, 0.1) is 11.4 Å². The van der Waals surface area contributed by atoms with Crippen molar-refractivity contribution < 1.29 is 0 Å². The maximum absolute atomic E-state index is 5.77. The number of hydrogen-bond acceptors (Lipinski definition) is 2. The van der Waals surface area contributed by atoms with Gasteiger partial charge in [-0.25, -0.2) is 0 Å². The highest BCUT2D eigenvalue weighted by molar-refractivity contribution is 5.15. The van der Waals surface area contributed by atoms with Crippen LogP contribution in [0.4, 0.5) is 0 Å². The fraction of sp³-hybridized carbons (Fsp3) is 0.667. The lowest BCUT2D eigenvalue weighted by atomic mass is 10.1. The molecular formula is C9H17N3. The van der Waals surface area contributed by atoms with Crippen LogP contribution in [0.15, 0.2) is 6.07 Å². The Balaban J connectivity index is 3.00. The van der Waals surface area contributed by atoms with E-state index >= 15 is 0 Å². The van der Waals surface area contributed by atoms with Gasteiger partial charge in [0.25, 0.3) is 0 Å². The first-order chi connectivity index (χ1) is 5.52. The minimum Gasteiger partial charge on any atom is -0.323 e. The standard InChI is InChI=1S/C9H17N3/c1-6(2)8-5-9(7(3)10)12(4)11-8/h5-7H,10H2,1-4H3/t7-/m0/s1. The van der Waals surface area contributed by atoms with Crippen LogP contribution in [-0.4, -0.2) is 9.78 Å². The van der Waals surface area contributed by atoms with Crippen molar-refractivity contribution in [1.29, 1.82) is 0 Å². The van der Waals surface area contributed by atoms with Crippen LogP contribution in [0.3, 0.4) is 0 Å². The molecule has 12 heavy (non-hydrogen) atoms. The molecule has 0 fully saturated rings. The summed E-state index contributed by atoms with van der Waals surface area (Å²) in [6.07, 6.45) is 0. The quantitative estimate of drug-likeness (QED) is 0.726. The van der Waals surface area contributed by atoms with Gasteiger partial charge in [-0.05, 0) is 18.9 Å². The normalized spacial score (nSPS) is 13.8. The highest BCUT2D eigenvalue weighted by Crippen LogP contribution is 2.16. The molecule has 2 N–H and O–H groups in total. The first-order valence-electron chi connectivity index (χ1n) is 4.31. The van der Waals surface area contributed by atoms with Crippen molar-refractivity contribution in [2.75, 3.05) is 0 Å². The van der Waals surface area contributed by atoms with E-state index < -0.39 is 0 Å². The Hall–Kier alpha value is -0.830. The van der Waals surface area contributed by atoms with Crippen molar-refractivity contribution in [3.05, 3.63) is 17.5 Å². The van der Waals surface area contributed by atoms with Crippen molar-refractivity contribution in [2.45, 2.75) is 32.7 Å². The molecule has 1 aromatic heterocycles. The van der Waals surface area contributed by atoms with Crippen LogP contribution in [0.25, 0.3) is 0 Å². The average Bonchev–Trinajstić information content (AvgIpc) is 2.30. The molecule has 0 spiro atoms. The molecule has 0 amide bonds. The molecule has 0 aliphatic carbocycles. The van der Waals surface area contributed by atoms with E-state index in [1.54, 1.807) is 0 Å². The summed E-state index contributed by atoms with van der Waals surface area (Å²) in [5, 5.41) is 4.37. The summed E-state index contributed by atoms with van der Waals surface area (Å²) in [5.41, 5.74) is 7.98. The predicted molar refractivity (Wildman–Crippen MR) is 49.9 cm³/mol. The highest BCUT2D eigenvalue weighted by Gasteiger charge is 2.10. The minimum absolute atomic E-state index is 0.0648. The third-order valence-electron chi connectivity index (χ3n) is 1.99. The number of nitrogens with two attached hydrogens (primary N) is 1. The SMILES string of the molecule is CC(C)c1cc([C@H](C)N)n(C)n1. The second-order valence-electron chi connectivity index (χ2n) is 3.56. The van der Waals surface area contributed by atoms with Crippen LogP contribution in [0, 0.1) is 0 Å². The summed E-state index contributed by atoms with van der Waals surface area (Å²) in [7, 11) is 1.94. The maximum atomic E-state index is 5.77. The first kappa shape index (κ1) is 9.26. The predicted octanol–water partition coefficient (Wildman–Crippen LogP) is 1.56. The summed E-state index contributed by atoms with van der Waals surface area (Å²) in [6, 6.07) is 2.14. The third kappa shape index (κ3) is 1.67. The maximum Gasteiger partial charge on any atom is 0.0653 e. The number of hydrogen-bond donors (Lipinski definition) is 1. The fourth-order valence-corrected chi connectivity index (χ4v) is 1.21. The molecule has 1 atom stereocenters. The zero-order valence-corrected chi connectivity index (χ0v) is 8.20. The van der Waals surface area contributed by atoms with Crippen LogP contribution in [-0.2, 0) is 7.05 Å². The van der Waals surface area contributed by atoms with Gasteiger partial charge in [-0.3, -0.25) is 4.68 Å². The third-order valence-corrected chi connectivity index (χ3v) is 1.99. The van der Waals surface area contributed by atoms with Gasteiger partial charge in [0.15, 0.2) is 0 Å². The zero-order valence-electron chi connectivity index (χ0n) is 8.20. The lowest BCUT2D eigenvalue weighted by molar-refractivity contribution is 0.642. The Bertz CT molecular complexity index is 261. The fourth-order valence-electron chi connectivity index (χ4n) is 1.21. The average molecular weight is 167 g/mol. The molecule has 0 saturated heterocycles. The summed E-state index contributed by atoms with van der Waals surface area (Å²) < 4.78 is 1.86. The van der Waals surface area contributed by atoms with E-state index in [-0.39, 0.29) is 6.04 Å². The molecule has 0 aliphatic rings. The second-order valence-corrected chi connectivity index (χ2v) is 3.56. The number of nitrogens with zero attached hydrogens (tertiary/aromatic N) is 2. The topological polar surface area (TPSA) is 43.8 Å². The molecule has 0 aromatic carbocycles. The molecule has 0 radical (unpaired) electrons. The van der Waals surface area contributed by atoms with E-state index in [1.807, 2.05) is 18.7 Å². The van der Waals surface area contributed by atoms with E-state index in [0.717, 1.165) is 11.4 Å². The van der Waals surface area contributed by atoms with Crippen molar-refractivity contribution in [2.24, 2.45) is 12.8 Å². The van der Waals surface area contributed by atoms with Crippen LogP contribution >= 0.6 is 0 Å². The van der Waals surface area contributed by atoms with Gasteiger partial charge in [-0.15, -0.1) is 0 Å². The lowest BCUT2D eigenvalue weighted by Gasteiger charge is -2.03. The van der Waals surface area contributed by atoms with Gasteiger partial charge in [-0.2, -0.15) is 5.10 Å². The Morgan fingerprint density at radius 1 is 1.42 bits per heavy atom. The minimum atomic E-state index is 0.0648. The molecule has 0 unspecified atom stereocenters. The van der Waals surface area contributed by atoms with Gasteiger partial charge < -0.3 is 5.73 Å². The Labute approximate surface area is 73.6 Å². The van der Waals surface area contributed by atoms with Crippen LogP contribution in [0.5, 0.6) is 0 Å². The first-order valence-corrected chi connectivity index (χ1v) is 4.31. The van der Waals surface area contributed by atoms with Crippen molar-refractivity contribution in [1.82, 2.24) is 9.78 Å². The number of rotatable bonds is 2.